The molecule has 0 aliphatic heterocycles. The summed E-state index contributed by atoms with van der Waals surface area (Å²) in [6.45, 7) is 0. The largest absolute Gasteiger partial charge is 0.340 e. The van der Waals surface area contributed by atoms with Crippen LogP contribution >= 0.6 is 12.4 Å². The van der Waals surface area contributed by atoms with Gasteiger partial charge in [0.1, 0.15) is 12.1 Å². The van der Waals surface area contributed by atoms with Crippen LogP contribution in [-0.4, -0.2) is 28.4 Å². The van der Waals surface area contributed by atoms with Crippen LogP contribution in [0.3, 0.4) is 0 Å². The molecule has 0 bridgehead atoms. The fourth-order valence-electron chi connectivity index (χ4n) is 2.49. The lowest BCUT2D eigenvalue weighted by molar-refractivity contribution is 0.601. The molecule has 8 nitrogen and oxygen atoms in total. The standard InChI is InChI=1S/C18H14N6O2S.ClH/c25-27(26,24-18-19-10-3-11-20-18)14-8-6-13(7-9-14)23-17-15-4-1-2-5-16(15)21-12-22-17;/h1-12H,(H,19,20,24)(H,21,22,23);1H. The Bertz CT molecular complexity index is 1180. The number of halogens is 1. The molecule has 2 aromatic heterocycles. The van der Waals surface area contributed by atoms with E-state index >= 15 is 0 Å². The second-order valence-electron chi connectivity index (χ2n) is 5.57. The van der Waals surface area contributed by atoms with Gasteiger partial charge in [0.2, 0.25) is 5.95 Å². The maximum atomic E-state index is 12.4. The second-order valence-corrected chi connectivity index (χ2v) is 7.25. The summed E-state index contributed by atoms with van der Waals surface area (Å²) in [5.41, 5.74) is 1.52. The van der Waals surface area contributed by atoms with E-state index in [9.17, 15) is 8.42 Å². The van der Waals surface area contributed by atoms with Gasteiger partial charge in [0.15, 0.2) is 0 Å². The van der Waals surface area contributed by atoms with E-state index in [1.807, 2.05) is 24.3 Å². The van der Waals surface area contributed by atoms with Crippen LogP contribution in [0, 0.1) is 0 Å². The summed E-state index contributed by atoms with van der Waals surface area (Å²) in [5.74, 6) is 0.666. The number of hydrogen-bond donors (Lipinski definition) is 2. The van der Waals surface area contributed by atoms with Gasteiger partial charge in [-0.2, -0.15) is 0 Å². The van der Waals surface area contributed by atoms with Gasteiger partial charge in [0, 0.05) is 23.5 Å². The van der Waals surface area contributed by atoms with E-state index in [-0.39, 0.29) is 23.3 Å². The first kappa shape index (κ1) is 19.5. The number of nitrogens with one attached hydrogen (secondary N) is 2. The minimum Gasteiger partial charge on any atom is -0.340 e. The molecular weight excluding hydrogens is 400 g/mol. The number of rotatable bonds is 5. The number of para-hydroxylation sites is 1. The Hall–Kier alpha value is -3.30. The van der Waals surface area contributed by atoms with Crippen molar-refractivity contribution >= 4 is 50.8 Å². The van der Waals surface area contributed by atoms with Gasteiger partial charge in [-0.05, 0) is 42.5 Å². The Kier molecular flexibility index (Phi) is 5.67. The van der Waals surface area contributed by atoms with E-state index < -0.39 is 10.0 Å². The first-order valence-electron chi connectivity index (χ1n) is 7.98. The number of benzene rings is 2. The van der Waals surface area contributed by atoms with E-state index in [4.69, 9.17) is 0 Å². The molecule has 0 amide bonds. The highest BCUT2D eigenvalue weighted by Gasteiger charge is 2.15. The minimum absolute atomic E-state index is 0. The summed E-state index contributed by atoms with van der Waals surface area (Å²) in [6, 6.07) is 15.6. The van der Waals surface area contributed by atoms with E-state index in [1.54, 1.807) is 18.2 Å². The lowest BCUT2D eigenvalue weighted by atomic mass is 10.2. The average molecular weight is 415 g/mol. The third-order valence-electron chi connectivity index (χ3n) is 3.76. The summed E-state index contributed by atoms with van der Waals surface area (Å²) < 4.78 is 27.2. The van der Waals surface area contributed by atoms with Gasteiger partial charge in [-0.15, -0.1) is 12.4 Å². The number of sulfonamides is 1. The van der Waals surface area contributed by atoms with Crippen LogP contribution in [0.15, 0.2) is 78.2 Å². The normalized spacial score (nSPS) is 10.9. The summed E-state index contributed by atoms with van der Waals surface area (Å²) in [5, 5.41) is 4.06. The molecule has 142 valence electrons. The van der Waals surface area contributed by atoms with Crippen LogP contribution in [0.2, 0.25) is 0 Å². The molecule has 0 saturated carbocycles. The molecule has 2 heterocycles. The molecule has 0 spiro atoms. The highest BCUT2D eigenvalue weighted by atomic mass is 35.5. The summed E-state index contributed by atoms with van der Waals surface area (Å²) >= 11 is 0. The molecule has 0 radical (unpaired) electrons. The number of aromatic nitrogens is 4. The molecule has 4 aromatic rings. The van der Waals surface area contributed by atoms with Gasteiger partial charge in [0.25, 0.3) is 10.0 Å². The topological polar surface area (TPSA) is 110 Å². The molecule has 28 heavy (non-hydrogen) atoms. The van der Waals surface area contributed by atoms with Gasteiger partial charge in [-0.3, -0.25) is 0 Å². The number of fused-ring (bicyclic) bond motifs is 1. The maximum Gasteiger partial charge on any atom is 0.264 e. The summed E-state index contributed by atoms with van der Waals surface area (Å²) in [6.07, 6.45) is 4.40. The molecule has 4 rings (SSSR count). The Morgan fingerprint density at radius 2 is 1.50 bits per heavy atom. The number of hydrogen-bond acceptors (Lipinski definition) is 7. The third-order valence-corrected chi connectivity index (χ3v) is 5.11. The smallest absolute Gasteiger partial charge is 0.264 e. The predicted octanol–water partition coefficient (Wildman–Crippen LogP) is 3.39. The van der Waals surface area contributed by atoms with Crippen molar-refractivity contribution in [3.05, 3.63) is 73.3 Å². The third kappa shape index (κ3) is 4.16. The highest BCUT2D eigenvalue weighted by Crippen LogP contribution is 2.23. The fraction of sp³-hybridized carbons (Fsp3) is 0. The molecule has 2 N–H and O–H groups in total. The first-order valence-corrected chi connectivity index (χ1v) is 9.47. The molecule has 10 heteroatoms. The lowest BCUT2D eigenvalue weighted by Gasteiger charge is -2.10. The van der Waals surface area contributed by atoms with Gasteiger partial charge < -0.3 is 5.32 Å². The van der Waals surface area contributed by atoms with Crippen molar-refractivity contribution in [2.24, 2.45) is 0 Å². The monoisotopic (exact) mass is 414 g/mol. The minimum atomic E-state index is -3.77. The van der Waals surface area contributed by atoms with Gasteiger partial charge in [0.05, 0.1) is 10.4 Å². The van der Waals surface area contributed by atoms with Crippen LogP contribution in [-0.2, 0) is 10.0 Å². The van der Waals surface area contributed by atoms with Crippen LogP contribution < -0.4 is 10.0 Å². The maximum absolute atomic E-state index is 12.4. The lowest BCUT2D eigenvalue weighted by Crippen LogP contribution is -2.14. The Morgan fingerprint density at radius 3 is 2.25 bits per heavy atom. The molecule has 2 aromatic carbocycles. The second kappa shape index (κ2) is 8.15. The highest BCUT2D eigenvalue weighted by molar-refractivity contribution is 7.92. The Balaban J connectivity index is 0.00000225. The Labute approximate surface area is 167 Å². The Morgan fingerprint density at radius 1 is 0.786 bits per heavy atom. The zero-order valence-electron chi connectivity index (χ0n) is 14.4. The number of anilines is 3. The molecule has 0 unspecified atom stereocenters. The molecule has 0 aliphatic rings. The van der Waals surface area contributed by atoms with Gasteiger partial charge in [-0.1, -0.05) is 12.1 Å². The summed E-state index contributed by atoms with van der Waals surface area (Å²) in [7, 11) is -3.77. The van der Waals surface area contributed by atoms with Crippen LogP contribution in [0.4, 0.5) is 17.5 Å². The van der Waals surface area contributed by atoms with E-state index in [1.165, 1.54) is 30.9 Å². The average Bonchev–Trinajstić information content (AvgIpc) is 2.69. The number of nitrogens with zero attached hydrogens (tertiary/aromatic N) is 4. The zero-order valence-corrected chi connectivity index (χ0v) is 16.0. The predicted molar refractivity (Wildman–Crippen MR) is 109 cm³/mol. The van der Waals surface area contributed by atoms with Crippen LogP contribution in [0.5, 0.6) is 0 Å². The fourth-order valence-corrected chi connectivity index (χ4v) is 3.45. The first-order chi connectivity index (χ1) is 13.1. The van der Waals surface area contributed by atoms with Crippen molar-refractivity contribution in [2.45, 2.75) is 4.90 Å². The van der Waals surface area contributed by atoms with Crippen LogP contribution in [0.25, 0.3) is 10.9 Å². The molecule has 0 fully saturated rings. The van der Waals surface area contributed by atoms with Crippen molar-refractivity contribution in [1.29, 1.82) is 0 Å². The van der Waals surface area contributed by atoms with Gasteiger partial charge >= 0.3 is 0 Å². The molecule has 0 aliphatic carbocycles. The summed E-state index contributed by atoms with van der Waals surface area (Å²) in [4.78, 5) is 16.3. The quantitative estimate of drug-likeness (QED) is 0.515. The molecule has 0 saturated heterocycles. The molecular formula is C18H15ClN6O2S. The van der Waals surface area contributed by atoms with Gasteiger partial charge in [-0.25, -0.2) is 33.1 Å². The zero-order chi connectivity index (χ0) is 18.7. The van der Waals surface area contributed by atoms with Crippen molar-refractivity contribution in [3.63, 3.8) is 0 Å². The van der Waals surface area contributed by atoms with Crippen molar-refractivity contribution in [1.82, 2.24) is 19.9 Å². The van der Waals surface area contributed by atoms with Crippen molar-refractivity contribution in [3.8, 4) is 0 Å². The van der Waals surface area contributed by atoms with E-state index in [2.05, 4.69) is 30.0 Å². The van der Waals surface area contributed by atoms with Crippen molar-refractivity contribution in [2.75, 3.05) is 10.0 Å². The van der Waals surface area contributed by atoms with Crippen LogP contribution in [0.1, 0.15) is 0 Å². The van der Waals surface area contributed by atoms with E-state index in [0.717, 1.165) is 10.9 Å². The van der Waals surface area contributed by atoms with Crippen molar-refractivity contribution < 1.29 is 8.42 Å². The molecule has 0 atom stereocenters. The SMILES string of the molecule is Cl.O=S(=O)(Nc1ncccn1)c1ccc(Nc2ncnc3ccccc23)cc1. The van der Waals surface area contributed by atoms with E-state index in [0.29, 0.717) is 11.5 Å².